The van der Waals surface area contributed by atoms with E-state index in [0.29, 0.717) is 9.72 Å². The van der Waals surface area contributed by atoms with Crippen molar-refractivity contribution in [2.45, 2.75) is 0 Å². The van der Waals surface area contributed by atoms with Crippen molar-refractivity contribution >= 4 is 38.8 Å². The van der Waals surface area contributed by atoms with E-state index in [1.54, 1.807) is 6.07 Å². The molecule has 0 aliphatic rings. The van der Waals surface area contributed by atoms with Gasteiger partial charge in [0.15, 0.2) is 0 Å². The maximum Gasteiger partial charge on any atom is 0.288 e. The van der Waals surface area contributed by atoms with E-state index in [0.717, 1.165) is 4.83 Å². The lowest BCUT2D eigenvalue weighted by Crippen LogP contribution is -1.87. The molecular weight excluding hydrogens is 212 g/mol. The van der Waals surface area contributed by atoms with Gasteiger partial charge in [0.25, 0.3) is 5.69 Å². The Balaban J connectivity index is 2.67. The van der Waals surface area contributed by atoms with E-state index in [9.17, 15) is 10.1 Å². The largest absolute Gasteiger partial charge is 0.288 e. The van der Waals surface area contributed by atoms with Gasteiger partial charge in [-0.15, -0.1) is 11.3 Å². The summed E-state index contributed by atoms with van der Waals surface area (Å²) in [6, 6.07) is 3.13. The van der Waals surface area contributed by atoms with Crippen LogP contribution in [0.4, 0.5) is 5.69 Å². The number of nitrogens with zero attached hydrogens (tertiary/aromatic N) is 2. The van der Waals surface area contributed by atoms with Gasteiger partial charge in [-0.3, -0.25) is 10.1 Å². The SMILES string of the molecule is O=[N+]([O-])c1cnc2sc(Cl)cc2c1. The molecule has 2 heterocycles. The van der Waals surface area contributed by atoms with Gasteiger partial charge in [-0.1, -0.05) is 11.6 Å². The minimum Gasteiger partial charge on any atom is -0.258 e. The number of aromatic nitrogens is 1. The van der Waals surface area contributed by atoms with Crippen molar-refractivity contribution < 1.29 is 4.92 Å². The van der Waals surface area contributed by atoms with Crippen LogP contribution in [0, 0.1) is 10.1 Å². The van der Waals surface area contributed by atoms with E-state index >= 15 is 0 Å². The van der Waals surface area contributed by atoms with Crippen molar-refractivity contribution in [3.05, 3.63) is 32.8 Å². The molecule has 0 saturated heterocycles. The number of halogens is 1. The highest BCUT2D eigenvalue weighted by Gasteiger charge is 2.08. The summed E-state index contributed by atoms with van der Waals surface area (Å²) in [5, 5.41) is 11.1. The Bertz CT molecular complexity index is 482. The molecule has 0 aromatic carbocycles. The number of nitro groups is 1. The standard InChI is InChI=1S/C7H3ClN2O2S/c8-6-2-4-1-5(10(11)12)3-9-7(4)13-6/h1-3H. The second-order valence-corrected chi connectivity index (χ2v) is 4.06. The van der Waals surface area contributed by atoms with Crippen LogP contribution in [-0.4, -0.2) is 9.91 Å². The molecule has 0 N–H and O–H groups in total. The van der Waals surface area contributed by atoms with Crippen molar-refractivity contribution in [3.63, 3.8) is 0 Å². The van der Waals surface area contributed by atoms with Crippen molar-refractivity contribution in [2.75, 3.05) is 0 Å². The summed E-state index contributed by atoms with van der Waals surface area (Å²) in [5.41, 5.74) is -0.0121. The highest BCUT2D eigenvalue weighted by atomic mass is 35.5. The molecule has 2 rings (SSSR count). The van der Waals surface area contributed by atoms with E-state index in [-0.39, 0.29) is 5.69 Å². The first-order valence-electron chi connectivity index (χ1n) is 3.36. The Labute approximate surface area is 81.9 Å². The van der Waals surface area contributed by atoms with Gasteiger partial charge in [-0.25, -0.2) is 4.98 Å². The van der Waals surface area contributed by atoms with Gasteiger partial charge < -0.3 is 0 Å². The fraction of sp³-hybridized carbons (Fsp3) is 0. The monoisotopic (exact) mass is 214 g/mol. The summed E-state index contributed by atoms with van der Waals surface area (Å²) in [6.07, 6.45) is 1.23. The predicted molar refractivity (Wildman–Crippen MR) is 51.3 cm³/mol. The number of hydrogen-bond donors (Lipinski definition) is 0. The van der Waals surface area contributed by atoms with Gasteiger partial charge in [0, 0.05) is 11.5 Å². The van der Waals surface area contributed by atoms with Gasteiger partial charge >= 0.3 is 0 Å². The van der Waals surface area contributed by atoms with Crippen LogP contribution < -0.4 is 0 Å². The lowest BCUT2D eigenvalue weighted by atomic mass is 10.3. The summed E-state index contributed by atoms with van der Waals surface area (Å²) in [7, 11) is 0. The number of rotatable bonds is 1. The molecule has 0 saturated carbocycles. The molecule has 2 aromatic rings. The molecule has 4 nitrogen and oxygen atoms in total. The molecular formula is C7H3ClN2O2S. The van der Waals surface area contributed by atoms with Crippen LogP contribution in [0.1, 0.15) is 0 Å². The Morgan fingerprint density at radius 2 is 2.31 bits per heavy atom. The molecule has 0 unspecified atom stereocenters. The van der Waals surface area contributed by atoms with Crippen molar-refractivity contribution in [2.24, 2.45) is 0 Å². The first-order chi connectivity index (χ1) is 6.16. The summed E-state index contributed by atoms with van der Waals surface area (Å²) in [5.74, 6) is 0. The van der Waals surface area contributed by atoms with Crippen LogP contribution in [0.15, 0.2) is 18.3 Å². The fourth-order valence-corrected chi connectivity index (χ4v) is 2.04. The highest BCUT2D eigenvalue weighted by Crippen LogP contribution is 2.29. The third kappa shape index (κ3) is 1.48. The molecule has 0 fully saturated rings. The molecule has 0 radical (unpaired) electrons. The zero-order valence-corrected chi connectivity index (χ0v) is 7.80. The quantitative estimate of drug-likeness (QED) is 0.542. The number of fused-ring (bicyclic) bond motifs is 1. The average molecular weight is 215 g/mol. The second-order valence-electron chi connectivity index (χ2n) is 2.40. The minimum atomic E-state index is -0.474. The third-order valence-corrected chi connectivity index (χ3v) is 2.73. The van der Waals surface area contributed by atoms with Crippen molar-refractivity contribution in [1.82, 2.24) is 4.98 Å². The first-order valence-corrected chi connectivity index (χ1v) is 4.56. The smallest absolute Gasteiger partial charge is 0.258 e. The van der Waals surface area contributed by atoms with Crippen molar-refractivity contribution in [3.8, 4) is 0 Å². The molecule has 2 aromatic heterocycles. The molecule has 0 spiro atoms. The molecule has 0 amide bonds. The van der Waals surface area contributed by atoms with Crippen LogP contribution in [0.25, 0.3) is 10.2 Å². The lowest BCUT2D eigenvalue weighted by Gasteiger charge is -1.89. The predicted octanol–water partition coefficient (Wildman–Crippen LogP) is 2.86. The first kappa shape index (κ1) is 8.40. The van der Waals surface area contributed by atoms with Crippen LogP contribution in [0.3, 0.4) is 0 Å². The summed E-state index contributed by atoms with van der Waals surface area (Å²) >= 11 is 7.03. The average Bonchev–Trinajstić information content (AvgIpc) is 2.42. The normalized spacial score (nSPS) is 10.5. The van der Waals surface area contributed by atoms with E-state index < -0.39 is 4.92 Å². The van der Waals surface area contributed by atoms with Gasteiger partial charge in [0.2, 0.25) is 0 Å². The highest BCUT2D eigenvalue weighted by molar-refractivity contribution is 7.22. The second kappa shape index (κ2) is 2.93. The Kier molecular flexibility index (Phi) is 1.90. The number of hydrogen-bond acceptors (Lipinski definition) is 4. The number of thiophene rings is 1. The molecule has 13 heavy (non-hydrogen) atoms. The molecule has 6 heteroatoms. The zero-order valence-electron chi connectivity index (χ0n) is 6.23. The maximum atomic E-state index is 10.4. The van der Waals surface area contributed by atoms with Gasteiger partial charge in [-0.2, -0.15) is 0 Å². The van der Waals surface area contributed by atoms with E-state index in [2.05, 4.69) is 4.98 Å². The van der Waals surface area contributed by atoms with E-state index in [1.165, 1.54) is 23.6 Å². The van der Waals surface area contributed by atoms with Crippen LogP contribution >= 0.6 is 22.9 Å². The topological polar surface area (TPSA) is 56.0 Å². The van der Waals surface area contributed by atoms with Crippen LogP contribution in [-0.2, 0) is 0 Å². The third-order valence-electron chi connectivity index (χ3n) is 1.54. The lowest BCUT2D eigenvalue weighted by molar-refractivity contribution is -0.385. The zero-order chi connectivity index (χ0) is 9.42. The molecule has 0 bridgehead atoms. The Morgan fingerprint density at radius 3 is 3.00 bits per heavy atom. The summed E-state index contributed by atoms with van der Waals surface area (Å²) < 4.78 is 0.586. The van der Waals surface area contributed by atoms with E-state index in [1.807, 2.05) is 0 Å². The van der Waals surface area contributed by atoms with E-state index in [4.69, 9.17) is 11.6 Å². The van der Waals surface area contributed by atoms with Gasteiger partial charge in [0.1, 0.15) is 11.0 Å². The van der Waals surface area contributed by atoms with Gasteiger partial charge in [-0.05, 0) is 6.07 Å². The number of pyridine rings is 1. The Morgan fingerprint density at radius 1 is 1.54 bits per heavy atom. The molecule has 0 aliphatic carbocycles. The summed E-state index contributed by atoms with van der Waals surface area (Å²) in [6.45, 7) is 0. The van der Waals surface area contributed by atoms with Gasteiger partial charge in [0.05, 0.1) is 9.26 Å². The minimum absolute atomic E-state index is 0.0121. The molecule has 0 atom stereocenters. The molecule has 0 aliphatic heterocycles. The van der Waals surface area contributed by atoms with Crippen molar-refractivity contribution in [1.29, 1.82) is 0 Å². The van der Waals surface area contributed by atoms with Crippen LogP contribution in [0.5, 0.6) is 0 Å². The molecule has 66 valence electrons. The fourth-order valence-electron chi connectivity index (χ4n) is 0.990. The maximum absolute atomic E-state index is 10.4. The van der Waals surface area contributed by atoms with Crippen LogP contribution in [0.2, 0.25) is 4.34 Å². The Hall–Kier alpha value is -1.20. The summed E-state index contributed by atoms with van der Waals surface area (Å²) in [4.78, 5) is 14.5.